The van der Waals surface area contributed by atoms with E-state index >= 15 is 4.79 Å². The molecule has 2 aromatic rings. The minimum Gasteiger partial charge on any atom is -0.481 e. The largest absolute Gasteiger partial charge is 0.481 e. The van der Waals surface area contributed by atoms with Crippen molar-refractivity contribution in [3.05, 3.63) is 48.0 Å². The molecule has 2 aromatic carbocycles. The molecule has 6 fully saturated rings. The summed E-state index contributed by atoms with van der Waals surface area (Å²) in [4.78, 5) is 62.5. The van der Waals surface area contributed by atoms with E-state index in [-0.39, 0.29) is 55.7 Å². The number of carbonyl (C=O) groups excluding carboxylic acids is 3. The smallest absolute Gasteiger partial charge is 0.309 e. The molecule has 49 heavy (non-hydrogen) atoms. The van der Waals surface area contributed by atoms with Gasteiger partial charge in [0.1, 0.15) is 0 Å². The highest BCUT2D eigenvalue weighted by Gasteiger charge is 2.70. The average Bonchev–Trinajstić information content (AvgIpc) is 3.93. The Balaban J connectivity index is 1.11. The lowest BCUT2D eigenvalue weighted by atomic mass is 9.74. The summed E-state index contributed by atoms with van der Waals surface area (Å²) in [6.07, 6.45) is 5.73. The van der Waals surface area contributed by atoms with Gasteiger partial charge in [-0.1, -0.05) is 30.3 Å². The van der Waals surface area contributed by atoms with Gasteiger partial charge in [-0.2, -0.15) is 0 Å². The van der Waals surface area contributed by atoms with E-state index in [1.165, 1.54) is 0 Å². The summed E-state index contributed by atoms with van der Waals surface area (Å²) in [5.74, 6) is -2.73. The summed E-state index contributed by atoms with van der Waals surface area (Å²) < 4.78 is 17.3. The van der Waals surface area contributed by atoms with Crippen LogP contribution in [0.15, 0.2) is 42.5 Å². The van der Waals surface area contributed by atoms with Crippen LogP contribution in [0.3, 0.4) is 0 Å². The van der Waals surface area contributed by atoms with E-state index < -0.39 is 40.3 Å². The Kier molecular flexibility index (Phi) is 7.84. The first kappa shape index (κ1) is 32.7. The third kappa shape index (κ3) is 4.43. The lowest BCUT2D eigenvalue weighted by Gasteiger charge is -2.45. The molecule has 6 heterocycles. The predicted octanol–water partition coefficient (Wildman–Crippen LogP) is 3.73. The fourth-order valence-electron chi connectivity index (χ4n) is 11.7. The molecule has 8 rings (SSSR count). The molecule has 11 heteroatoms. The van der Waals surface area contributed by atoms with Crippen LogP contribution in [-0.4, -0.2) is 119 Å². The second-order valence-corrected chi connectivity index (χ2v) is 15.5. The van der Waals surface area contributed by atoms with Gasteiger partial charge in [0.2, 0.25) is 11.8 Å². The molecule has 1 N–H and O–H groups in total. The van der Waals surface area contributed by atoms with Crippen molar-refractivity contribution in [3.63, 3.8) is 0 Å². The van der Waals surface area contributed by atoms with Gasteiger partial charge in [0, 0.05) is 45.0 Å². The van der Waals surface area contributed by atoms with Crippen LogP contribution in [0.1, 0.15) is 68.1 Å². The van der Waals surface area contributed by atoms with E-state index in [0.717, 1.165) is 30.0 Å². The Morgan fingerprint density at radius 3 is 1.61 bits per heavy atom. The third-order valence-electron chi connectivity index (χ3n) is 13.5. The van der Waals surface area contributed by atoms with Gasteiger partial charge in [0.25, 0.3) is 5.91 Å². The molecule has 6 bridgehead atoms. The molecule has 0 spiro atoms. The molecule has 0 unspecified atom stereocenters. The van der Waals surface area contributed by atoms with Gasteiger partial charge in [-0.15, -0.1) is 0 Å². The van der Waals surface area contributed by atoms with Gasteiger partial charge < -0.3 is 34.0 Å². The van der Waals surface area contributed by atoms with E-state index in [0.29, 0.717) is 44.1 Å². The normalized spacial score (nSPS) is 37.2. The lowest BCUT2D eigenvalue weighted by molar-refractivity contribution is -0.155. The Morgan fingerprint density at radius 2 is 1.10 bits per heavy atom. The average molecular weight is 674 g/mol. The molecule has 9 atom stereocenters. The summed E-state index contributed by atoms with van der Waals surface area (Å²) in [7, 11) is 4.81. The molecular formula is C38H47N3O8. The summed E-state index contributed by atoms with van der Waals surface area (Å²) in [5.41, 5.74) is -1.91. The van der Waals surface area contributed by atoms with Crippen LogP contribution < -0.4 is 0 Å². The maximum Gasteiger partial charge on any atom is 0.309 e. The highest BCUT2D eigenvalue weighted by Crippen LogP contribution is 2.59. The predicted molar refractivity (Wildman–Crippen MR) is 179 cm³/mol. The number of hydrogen-bond acceptors (Lipinski definition) is 7. The molecular weight excluding hydrogens is 626 g/mol. The highest BCUT2D eigenvalue weighted by molar-refractivity contribution is 6.00. The van der Waals surface area contributed by atoms with Crippen molar-refractivity contribution in [2.45, 2.75) is 92.5 Å². The van der Waals surface area contributed by atoms with Crippen LogP contribution in [-0.2, 0) is 28.6 Å². The fraction of sp³-hybridized carbons (Fsp3) is 0.632. The van der Waals surface area contributed by atoms with E-state index in [1.54, 1.807) is 21.3 Å². The second-order valence-electron chi connectivity index (χ2n) is 15.5. The molecule has 6 saturated heterocycles. The second kappa shape index (κ2) is 11.8. The van der Waals surface area contributed by atoms with E-state index in [9.17, 15) is 19.5 Å². The lowest BCUT2D eigenvalue weighted by Crippen LogP contribution is -2.62. The number of rotatable bonds is 10. The Labute approximate surface area is 286 Å². The first-order valence-corrected chi connectivity index (χ1v) is 17.8. The summed E-state index contributed by atoms with van der Waals surface area (Å²) in [5, 5.41) is 12.2. The Hall–Kier alpha value is -3.54. The van der Waals surface area contributed by atoms with E-state index in [2.05, 4.69) is 0 Å². The number of methoxy groups -OCH3 is 3. The maximum atomic E-state index is 15.1. The van der Waals surface area contributed by atoms with Crippen molar-refractivity contribution < 1.29 is 38.5 Å². The zero-order chi connectivity index (χ0) is 34.3. The molecule has 0 aliphatic carbocycles. The van der Waals surface area contributed by atoms with Gasteiger partial charge in [-0.3, -0.25) is 19.2 Å². The summed E-state index contributed by atoms with van der Waals surface area (Å²) >= 11 is 0. The molecule has 11 nitrogen and oxygen atoms in total. The van der Waals surface area contributed by atoms with Crippen LogP contribution in [0, 0.1) is 17.8 Å². The van der Waals surface area contributed by atoms with Crippen molar-refractivity contribution in [1.82, 2.24) is 14.7 Å². The molecule has 6 aliphatic heterocycles. The molecule has 0 saturated carbocycles. The zero-order valence-corrected chi connectivity index (χ0v) is 28.6. The number of carboxylic acids is 1. The maximum absolute atomic E-state index is 15.1. The van der Waals surface area contributed by atoms with Crippen molar-refractivity contribution in [3.8, 4) is 0 Å². The highest BCUT2D eigenvalue weighted by atomic mass is 16.5. The van der Waals surface area contributed by atoms with Gasteiger partial charge in [0.05, 0.1) is 54.2 Å². The van der Waals surface area contributed by atoms with E-state index in [4.69, 9.17) is 14.2 Å². The first-order valence-electron chi connectivity index (χ1n) is 17.8. The number of ether oxygens (including phenoxy) is 3. The Bertz CT molecular complexity index is 1700. The molecule has 0 aromatic heterocycles. The van der Waals surface area contributed by atoms with E-state index in [1.807, 2.05) is 57.2 Å². The monoisotopic (exact) mass is 673 g/mol. The van der Waals surface area contributed by atoms with Crippen molar-refractivity contribution in [2.24, 2.45) is 17.8 Å². The number of aliphatic carboxylic acids is 1. The molecule has 6 aliphatic rings. The number of amides is 3. The quantitative estimate of drug-likeness (QED) is 0.405. The minimum absolute atomic E-state index is 0.0233. The minimum atomic E-state index is -0.893. The molecule has 262 valence electrons. The summed E-state index contributed by atoms with van der Waals surface area (Å²) in [6.45, 7) is 0.645. The van der Waals surface area contributed by atoms with Crippen LogP contribution in [0.2, 0.25) is 0 Å². The van der Waals surface area contributed by atoms with Gasteiger partial charge in [-0.25, -0.2) is 0 Å². The number of carboxylic acid groups (broad SMARTS) is 1. The SMILES string of the molecule is COC[C@@]12CC[C@@H](C[C@H]1C(=O)N1[C@H]3CC[C@]1(COC)[C@H](C(=O)N1[C@H]4CC[C@]1(COC)[C@H](C(=O)O)C4)C3)N2C(=O)c1ccc2ccccc2c1. The van der Waals surface area contributed by atoms with Crippen LogP contribution in [0.4, 0.5) is 0 Å². The number of hydrogen-bond donors (Lipinski definition) is 1. The van der Waals surface area contributed by atoms with Crippen molar-refractivity contribution in [2.75, 3.05) is 41.2 Å². The molecule has 0 radical (unpaired) electrons. The topological polar surface area (TPSA) is 126 Å². The zero-order valence-electron chi connectivity index (χ0n) is 28.6. The third-order valence-corrected chi connectivity index (χ3v) is 13.5. The first-order chi connectivity index (χ1) is 23.7. The Morgan fingerprint density at radius 1 is 0.653 bits per heavy atom. The number of carbonyl (C=O) groups is 4. The number of benzene rings is 2. The number of fused-ring (bicyclic) bond motifs is 7. The van der Waals surface area contributed by atoms with Crippen LogP contribution in [0.5, 0.6) is 0 Å². The van der Waals surface area contributed by atoms with Crippen molar-refractivity contribution >= 4 is 34.5 Å². The number of nitrogens with zero attached hydrogens (tertiary/aromatic N) is 3. The standard InChI is InChI=1S/C38H47N3O8/c1-47-20-36-13-10-26(39(36)32(42)25-9-8-23-6-4-5-7-24(23)16-25)17-29(36)33(43)40-27-11-14-37(40,21-48-2)30(18-27)34(44)41-28-12-15-38(41,22-49-3)31(19-28)35(45)46/h4-9,16,26-31H,10-15,17-22H2,1-3H3,(H,45,46)/t26-,27-,28-,29-,30-,31-,36-,37-,38-/m0/s1. The van der Waals surface area contributed by atoms with Gasteiger partial charge in [0.15, 0.2) is 0 Å². The van der Waals surface area contributed by atoms with Crippen LogP contribution in [0.25, 0.3) is 10.8 Å². The van der Waals surface area contributed by atoms with Gasteiger partial charge in [-0.05, 0) is 80.7 Å². The van der Waals surface area contributed by atoms with Gasteiger partial charge >= 0.3 is 5.97 Å². The molecule has 3 amide bonds. The fourth-order valence-corrected chi connectivity index (χ4v) is 11.7. The summed E-state index contributed by atoms with van der Waals surface area (Å²) in [6, 6.07) is 13.4. The van der Waals surface area contributed by atoms with Crippen LogP contribution >= 0.6 is 0 Å². The van der Waals surface area contributed by atoms with Crippen molar-refractivity contribution in [1.29, 1.82) is 0 Å².